The predicted octanol–water partition coefficient (Wildman–Crippen LogP) is -3.09. The number of urea groups is 1. The molecule has 0 spiro atoms. The second-order valence-electron chi connectivity index (χ2n) is 1.53. The molecule has 0 aromatic carbocycles. The molecule has 0 unspecified atom stereocenters. The van der Waals surface area contributed by atoms with Gasteiger partial charge in [-0.15, -0.1) is 5.10 Å². The Morgan fingerprint density at radius 2 is 1.54 bits per heavy atom. The van der Waals surface area contributed by atoms with Crippen molar-refractivity contribution in [2.24, 2.45) is 22.3 Å². The number of nitrogens with one attached hydrogen (secondary N) is 1. The lowest BCUT2D eigenvalue weighted by atomic mass is 11.1. The van der Waals surface area contributed by atoms with E-state index >= 15 is 0 Å². The van der Waals surface area contributed by atoms with Crippen molar-refractivity contribution in [3.05, 3.63) is 0 Å². The molecule has 0 aromatic heterocycles. The summed E-state index contributed by atoms with van der Waals surface area (Å²) in [5.74, 6) is -0.233. The summed E-state index contributed by atoms with van der Waals surface area (Å²) in [5, 5.41) is 3.07. The molecule has 0 heterocycles. The molecule has 0 saturated heterocycles. The third-order valence-corrected chi connectivity index (χ3v) is 0.295. The summed E-state index contributed by atoms with van der Waals surface area (Å²) in [5.41, 5.74) is 16.0. The van der Waals surface area contributed by atoms with E-state index in [9.17, 15) is 4.79 Å². The first-order chi connectivity index (χ1) is 5.63. The second-order valence-corrected chi connectivity index (χ2v) is 2.55. The molecule has 13 heavy (non-hydrogen) atoms. The molecule has 0 fully saturated rings. The minimum atomic E-state index is -4.64. The number of guanidine groups is 1. The number of hydrogen-bond acceptors (Lipinski definition) is 3. The van der Waals surface area contributed by atoms with Crippen LogP contribution < -0.4 is 22.6 Å². The molecule has 11 heteroatoms. The second kappa shape index (κ2) is 6.20. The highest BCUT2D eigenvalue weighted by molar-refractivity contribution is 7.45. The van der Waals surface area contributed by atoms with Gasteiger partial charge in [-0.1, -0.05) is 0 Å². The van der Waals surface area contributed by atoms with Crippen LogP contribution in [0.15, 0.2) is 5.10 Å². The normalized spacial score (nSPS) is 9.15. The smallest absolute Gasteiger partial charge is 0.369 e. The fourth-order valence-corrected chi connectivity index (χ4v) is 0.120. The first-order valence-electron chi connectivity index (χ1n) is 2.55. The van der Waals surface area contributed by atoms with Gasteiger partial charge in [0, 0.05) is 0 Å². The lowest BCUT2D eigenvalue weighted by Gasteiger charge is -1.89. The van der Waals surface area contributed by atoms with E-state index in [1.165, 1.54) is 0 Å². The number of primary amides is 1. The van der Waals surface area contributed by atoms with E-state index < -0.39 is 13.9 Å². The van der Waals surface area contributed by atoms with Crippen molar-refractivity contribution in [1.82, 2.24) is 5.43 Å². The molecule has 10 nitrogen and oxygen atoms in total. The van der Waals surface area contributed by atoms with Crippen LogP contribution in [-0.2, 0) is 4.57 Å². The number of rotatable bonds is 1. The Hall–Kier alpha value is -1.35. The zero-order valence-corrected chi connectivity index (χ0v) is 7.18. The van der Waals surface area contributed by atoms with E-state index in [4.69, 9.17) is 30.7 Å². The fraction of sp³-hybridized carbons (Fsp3) is 0. The van der Waals surface area contributed by atoms with E-state index in [1.54, 1.807) is 0 Å². The summed E-state index contributed by atoms with van der Waals surface area (Å²) in [7, 11) is -4.64. The molecule has 0 saturated carbocycles. The molecule has 0 bridgehead atoms. The van der Waals surface area contributed by atoms with Gasteiger partial charge in [0.15, 0.2) is 0 Å². The fourth-order valence-electron chi connectivity index (χ4n) is 0.120. The SMILES string of the molecule is NC(=O)NN=C(N)N.O=P(O)(O)O. The van der Waals surface area contributed by atoms with Gasteiger partial charge >= 0.3 is 13.9 Å². The van der Waals surface area contributed by atoms with E-state index in [-0.39, 0.29) is 5.96 Å². The van der Waals surface area contributed by atoms with Gasteiger partial charge in [0.25, 0.3) is 0 Å². The van der Waals surface area contributed by atoms with Crippen LogP contribution in [0.5, 0.6) is 0 Å². The molecule has 10 N–H and O–H groups in total. The van der Waals surface area contributed by atoms with Gasteiger partial charge in [0.05, 0.1) is 0 Å². The number of nitrogens with zero attached hydrogens (tertiary/aromatic N) is 1. The first-order valence-corrected chi connectivity index (χ1v) is 4.12. The van der Waals surface area contributed by atoms with E-state index in [1.807, 2.05) is 5.43 Å². The molecule has 78 valence electrons. The summed E-state index contributed by atoms with van der Waals surface area (Å²) in [6.07, 6.45) is 0. The van der Waals surface area contributed by atoms with Crippen molar-refractivity contribution >= 4 is 19.8 Å². The van der Waals surface area contributed by atoms with Gasteiger partial charge in [-0.05, 0) is 0 Å². The van der Waals surface area contributed by atoms with Crippen molar-refractivity contribution in [3.8, 4) is 0 Å². The highest BCUT2D eigenvalue weighted by atomic mass is 31.2. The maximum Gasteiger partial charge on any atom is 0.466 e. The Balaban J connectivity index is 0. The summed E-state index contributed by atoms with van der Waals surface area (Å²) >= 11 is 0. The molecule has 0 radical (unpaired) electrons. The van der Waals surface area contributed by atoms with E-state index in [0.29, 0.717) is 0 Å². The number of amides is 2. The third kappa shape index (κ3) is 59.8. The van der Waals surface area contributed by atoms with Gasteiger partial charge in [-0.2, -0.15) is 0 Å². The maximum atomic E-state index is 9.80. The maximum absolute atomic E-state index is 9.80. The van der Waals surface area contributed by atoms with Gasteiger partial charge in [0.1, 0.15) is 0 Å². The van der Waals surface area contributed by atoms with Crippen molar-refractivity contribution in [2.45, 2.75) is 0 Å². The van der Waals surface area contributed by atoms with Crippen LogP contribution in [-0.4, -0.2) is 26.7 Å². The Labute approximate surface area is 72.6 Å². The Kier molecular flexibility index (Phi) is 6.76. The molecular formula is C2H10N5O5P. The Morgan fingerprint density at radius 3 is 1.62 bits per heavy atom. The molecule has 0 aliphatic rings. The Morgan fingerprint density at radius 1 is 1.23 bits per heavy atom. The quantitative estimate of drug-likeness (QED) is 0.104. The van der Waals surface area contributed by atoms with Crippen LogP contribution in [0.3, 0.4) is 0 Å². The summed E-state index contributed by atoms with van der Waals surface area (Å²) in [6, 6.07) is -0.793. The predicted molar refractivity (Wildman–Crippen MR) is 42.8 cm³/mol. The number of carbonyl (C=O) groups excluding carboxylic acids is 1. The van der Waals surface area contributed by atoms with E-state index in [0.717, 1.165) is 0 Å². The molecule has 0 aliphatic heterocycles. The number of hydrogen-bond donors (Lipinski definition) is 7. The molecular weight excluding hydrogens is 205 g/mol. The lowest BCUT2D eigenvalue weighted by Crippen LogP contribution is -2.31. The topological polar surface area (TPSA) is 197 Å². The van der Waals surface area contributed by atoms with Crippen LogP contribution >= 0.6 is 7.82 Å². The van der Waals surface area contributed by atoms with Crippen LogP contribution in [0.25, 0.3) is 0 Å². The summed E-state index contributed by atoms with van der Waals surface area (Å²) in [4.78, 5) is 31.4. The molecule has 0 rings (SSSR count). The minimum absolute atomic E-state index is 0.233. The molecule has 0 atom stereocenters. The number of nitrogens with two attached hydrogens (primary N) is 3. The van der Waals surface area contributed by atoms with Gasteiger partial charge in [-0.25, -0.2) is 14.8 Å². The van der Waals surface area contributed by atoms with Crippen molar-refractivity contribution in [3.63, 3.8) is 0 Å². The first kappa shape index (κ1) is 14.2. The van der Waals surface area contributed by atoms with Crippen LogP contribution in [0.2, 0.25) is 0 Å². The van der Waals surface area contributed by atoms with Crippen LogP contribution in [0.4, 0.5) is 4.79 Å². The molecule has 0 aliphatic carbocycles. The lowest BCUT2D eigenvalue weighted by molar-refractivity contribution is 0.249. The monoisotopic (exact) mass is 215 g/mol. The minimum Gasteiger partial charge on any atom is -0.369 e. The average Bonchev–Trinajstić information content (AvgIpc) is 1.79. The van der Waals surface area contributed by atoms with Gasteiger partial charge < -0.3 is 31.9 Å². The number of carbonyl (C=O) groups is 1. The summed E-state index contributed by atoms with van der Waals surface area (Å²) < 4.78 is 8.88. The van der Waals surface area contributed by atoms with Crippen molar-refractivity contribution in [2.75, 3.05) is 0 Å². The highest BCUT2D eigenvalue weighted by Crippen LogP contribution is 2.25. The van der Waals surface area contributed by atoms with Gasteiger partial charge in [0.2, 0.25) is 5.96 Å². The molecule has 0 aromatic rings. The Bertz CT molecular complexity index is 221. The highest BCUT2D eigenvalue weighted by Gasteiger charge is 2.00. The van der Waals surface area contributed by atoms with Crippen LogP contribution in [0.1, 0.15) is 0 Å². The summed E-state index contributed by atoms with van der Waals surface area (Å²) in [6.45, 7) is 0. The number of phosphoric acid groups is 1. The molecule has 2 amide bonds. The third-order valence-electron chi connectivity index (χ3n) is 0.295. The zero-order valence-electron chi connectivity index (χ0n) is 6.28. The van der Waals surface area contributed by atoms with Crippen LogP contribution in [0, 0.1) is 0 Å². The van der Waals surface area contributed by atoms with Crippen molar-refractivity contribution in [1.29, 1.82) is 0 Å². The van der Waals surface area contributed by atoms with Crippen molar-refractivity contribution < 1.29 is 24.0 Å². The number of hydrazone groups is 1. The van der Waals surface area contributed by atoms with E-state index in [2.05, 4.69) is 10.8 Å². The largest absolute Gasteiger partial charge is 0.466 e. The average molecular weight is 215 g/mol. The standard InChI is InChI=1S/C2H7N5O.H3O4P/c3-1(4)6-7-2(5)8;1-5(2,3)4/h(H4,3,4,6)(H3,5,7,8);(H3,1,2,3,4). The van der Waals surface area contributed by atoms with Gasteiger partial charge in [-0.3, -0.25) is 0 Å². The zero-order chi connectivity index (χ0) is 11.1.